The predicted molar refractivity (Wildman–Crippen MR) is 75.0 cm³/mol. The number of aryl methyl sites for hydroxylation is 1. The summed E-state index contributed by atoms with van der Waals surface area (Å²) >= 11 is 1.64. The number of aromatic nitrogens is 1. The molecule has 0 unspecified atom stereocenters. The quantitative estimate of drug-likeness (QED) is 0.380. The summed E-state index contributed by atoms with van der Waals surface area (Å²) in [5.41, 5.74) is 9.05. The normalized spacial score (nSPS) is 11.5. The molecule has 0 bridgehead atoms. The number of thiazole rings is 1. The Labute approximate surface area is 115 Å². The van der Waals surface area contributed by atoms with Gasteiger partial charge < -0.3 is 15.7 Å². The van der Waals surface area contributed by atoms with Crippen molar-refractivity contribution in [1.82, 2.24) is 4.98 Å². The van der Waals surface area contributed by atoms with Crippen molar-refractivity contribution < 1.29 is 9.94 Å². The number of oxime groups is 1. The fraction of sp³-hybridized carbons (Fsp3) is 0.231. The van der Waals surface area contributed by atoms with Gasteiger partial charge in [-0.3, -0.25) is 0 Å². The van der Waals surface area contributed by atoms with Gasteiger partial charge in [0.1, 0.15) is 5.75 Å². The molecule has 0 aliphatic heterocycles. The lowest BCUT2D eigenvalue weighted by Crippen LogP contribution is -2.12. The van der Waals surface area contributed by atoms with Crippen LogP contribution in [0.4, 0.5) is 0 Å². The van der Waals surface area contributed by atoms with Gasteiger partial charge in [-0.15, -0.1) is 11.3 Å². The maximum Gasteiger partial charge on any atom is 0.170 e. The molecular weight excluding hydrogens is 262 g/mol. The third-order valence-electron chi connectivity index (χ3n) is 2.70. The molecule has 19 heavy (non-hydrogen) atoms. The van der Waals surface area contributed by atoms with E-state index in [1.165, 1.54) is 4.88 Å². The fourth-order valence-corrected chi connectivity index (χ4v) is 2.37. The van der Waals surface area contributed by atoms with E-state index in [1.807, 2.05) is 12.4 Å². The van der Waals surface area contributed by atoms with E-state index in [4.69, 9.17) is 15.7 Å². The van der Waals surface area contributed by atoms with E-state index in [1.54, 1.807) is 35.6 Å². The van der Waals surface area contributed by atoms with E-state index >= 15 is 0 Å². The molecule has 0 saturated carbocycles. The first-order chi connectivity index (χ1) is 9.20. The molecule has 0 radical (unpaired) electrons. The Morgan fingerprint density at radius 2 is 2.16 bits per heavy atom. The van der Waals surface area contributed by atoms with Crippen molar-refractivity contribution in [3.05, 3.63) is 45.9 Å². The minimum absolute atomic E-state index is 0.0897. The monoisotopic (exact) mass is 277 g/mol. The van der Waals surface area contributed by atoms with Crippen molar-refractivity contribution in [2.45, 2.75) is 13.3 Å². The molecule has 1 aromatic heterocycles. The van der Waals surface area contributed by atoms with Crippen molar-refractivity contribution in [1.29, 1.82) is 0 Å². The lowest BCUT2D eigenvalue weighted by atomic mass is 10.2. The van der Waals surface area contributed by atoms with Gasteiger partial charge in [-0.2, -0.15) is 0 Å². The summed E-state index contributed by atoms with van der Waals surface area (Å²) in [5.74, 6) is 0.850. The third kappa shape index (κ3) is 3.45. The Kier molecular flexibility index (Phi) is 4.35. The summed E-state index contributed by atoms with van der Waals surface area (Å²) in [4.78, 5) is 5.44. The molecular formula is C13H15N3O2S. The highest BCUT2D eigenvalue weighted by Gasteiger charge is 2.03. The van der Waals surface area contributed by atoms with Gasteiger partial charge in [0.25, 0.3) is 0 Å². The average Bonchev–Trinajstić information content (AvgIpc) is 2.84. The Morgan fingerprint density at radius 1 is 1.42 bits per heavy atom. The minimum atomic E-state index is 0.0897. The maximum atomic E-state index is 8.56. The zero-order valence-corrected chi connectivity index (χ0v) is 11.4. The Balaban J connectivity index is 1.88. The smallest absolute Gasteiger partial charge is 0.170 e. The second kappa shape index (κ2) is 6.19. The van der Waals surface area contributed by atoms with Crippen LogP contribution in [-0.2, 0) is 6.42 Å². The van der Waals surface area contributed by atoms with Crippen molar-refractivity contribution in [3.8, 4) is 5.75 Å². The lowest BCUT2D eigenvalue weighted by molar-refractivity contribution is 0.318. The number of rotatable bonds is 5. The Bertz CT molecular complexity index is 564. The van der Waals surface area contributed by atoms with Crippen molar-refractivity contribution in [2.24, 2.45) is 10.9 Å². The number of hydrogen-bond donors (Lipinski definition) is 2. The summed E-state index contributed by atoms with van der Waals surface area (Å²) < 4.78 is 5.64. The highest BCUT2D eigenvalue weighted by molar-refractivity contribution is 7.09. The molecule has 100 valence electrons. The number of benzene rings is 1. The van der Waals surface area contributed by atoms with Gasteiger partial charge in [-0.1, -0.05) is 5.16 Å². The van der Waals surface area contributed by atoms with Crippen LogP contribution in [0.25, 0.3) is 0 Å². The molecule has 0 spiro atoms. The van der Waals surface area contributed by atoms with Gasteiger partial charge in [0, 0.05) is 16.9 Å². The number of ether oxygens (including phenoxy) is 1. The van der Waals surface area contributed by atoms with Gasteiger partial charge in [-0.25, -0.2) is 4.98 Å². The summed E-state index contributed by atoms with van der Waals surface area (Å²) in [6, 6.07) is 7.10. The molecule has 1 aromatic carbocycles. The summed E-state index contributed by atoms with van der Waals surface area (Å²) in [6.45, 7) is 2.60. The third-order valence-corrected chi connectivity index (χ3v) is 3.70. The molecule has 0 saturated heterocycles. The number of amidine groups is 1. The van der Waals surface area contributed by atoms with Crippen LogP contribution in [-0.4, -0.2) is 22.6 Å². The molecule has 0 amide bonds. The Morgan fingerprint density at radius 3 is 2.74 bits per heavy atom. The first kappa shape index (κ1) is 13.4. The fourth-order valence-electron chi connectivity index (χ4n) is 1.61. The molecule has 5 nitrogen and oxygen atoms in total. The largest absolute Gasteiger partial charge is 0.493 e. The molecule has 0 atom stereocenters. The van der Waals surface area contributed by atoms with Crippen LogP contribution < -0.4 is 10.5 Å². The van der Waals surface area contributed by atoms with E-state index < -0.39 is 0 Å². The van der Waals surface area contributed by atoms with Gasteiger partial charge in [0.2, 0.25) is 0 Å². The molecule has 0 fully saturated rings. The lowest BCUT2D eigenvalue weighted by Gasteiger charge is -2.06. The average molecular weight is 277 g/mol. The van der Waals surface area contributed by atoms with Gasteiger partial charge in [-0.05, 0) is 31.2 Å². The molecule has 1 heterocycles. The van der Waals surface area contributed by atoms with E-state index in [-0.39, 0.29) is 5.84 Å². The van der Waals surface area contributed by atoms with Crippen LogP contribution in [0.15, 0.2) is 34.9 Å². The van der Waals surface area contributed by atoms with Crippen LogP contribution in [0, 0.1) is 6.92 Å². The topological polar surface area (TPSA) is 80.7 Å². The highest BCUT2D eigenvalue weighted by atomic mass is 32.1. The summed E-state index contributed by atoms with van der Waals surface area (Å²) in [6.07, 6.45) is 0.846. The number of hydrogen-bond acceptors (Lipinski definition) is 5. The zero-order chi connectivity index (χ0) is 13.7. The van der Waals surface area contributed by atoms with Gasteiger partial charge in [0.15, 0.2) is 5.84 Å². The summed E-state index contributed by atoms with van der Waals surface area (Å²) in [5, 5.41) is 11.5. The molecule has 2 aromatic rings. The maximum absolute atomic E-state index is 8.56. The van der Waals surface area contributed by atoms with Crippen molar-refractivity contribution >= 4 is 17.2 Å². The first-order valence-electron chi connectivity index (χ1n) is 5.80. The molecule has 0 aliphatic carbocycles. The molecule has 0 aliphatic rings. The van der Waals surface area contributed by atoms with E-state index in [0.717, 1.165) is 17.9 Å². The van der Waals surface area contributed by atoms with Gasteiger partial charge >= 0.3 is 0 Å². The van der Waals surface area contributed by atoms with E-state index in [0.29, 0.717) is 12.2 Å². The summed E-state index contributed by atoms with van der Waals surface area (Å²) in [7, 11) is 0. The van der Waals surface area contributed by atoms with Crippen LogP contribution in [0.1, 0.15) is 16.1 Å². The number of nitrogens with zero attached hydrogens (tertiary/aromatic N) is 2. The van der Waals surface area contributed by atoms with Crippen LogP contribution in [0.5, 0.6) is 5.75 Å². The molecule has 2 rings (SSSR count). The van der Waals surface area contributed by atoms with E-state index in [2.05, 4.69) is 10.1 Å². The zero-order valence-electron chi connectivity index (χ0n) is 10.5. The van der Waals surface area contributed by atoms with E-state index in [9.17, 15) is 0 Å². The number of nitrogens with two attached hydrogens (primary N) is 1. The standard InChI is InChI=1S/C13H15N3O2S/c1-9-12(19-8-15-9)6-7-18-11-4-2-10(3-5-11)13(14)16-17/h2-5,8,17H,6-7H2,1H3,(H2,14,16). The van der Waals surface area contributed by atoms with Crippen LogP contribution in [0.3, 0.4) is 0 Å². The second-order valence-corrected chi connectivity index (χ2v) is 4.91. The minimum Gasteiger partial charge on any atom is -0.493 e. The van der Waals surface area contributed by atoms with Crippen LogP contribution in [0.2, 0.25) is 0 Å². The Hall–Kier alpha value is -2.08. The van der Waals surface area contributed by atoms with Gasteiger partial charge in [0.05, 0.1) is 17.8 Å². The SMILES string of the molecule is Cc1ncsc1CCOc1ccc(/C(N)=N/O)cc1. The predicted octanol–water partition coefficient (Wildman–Crippen LogP) is 2.17. The molecule has 6 heteroatoms. The van der Waals surface area contributed by atoms with Crippen LogP contribution >= 0.6 is 11.3 Å². The highest BCUT2D eigenvalue weighted by Crippen LogP contribution is 2.15. The van der Waals surface area contributed by atoms with Crippen molar-refractivity contribution in [3.63, 3.8) is 0 Å². The second-order valence-electron chi connectivity index (χ2n) is 3.97. The molecule has 3 N–H and O–H groups in total. The first-order valence-corrected chi connectivity index (χ1v) is 6.68. The van der Waals surface area contributed by atoms with Crippen molar-refractivity contribution in [2.75, 3.05) is 6.61 Å².